The van der Waals surface area contributed by atoms with E-state index in [1.54, 1.807) is 6.92 Å². The summed E-state index contributed by atoms with van der Waals surface area (Å²) in [5.74, 6) is -1.000. The number of nitrogens with zero attached hydrogens (tertiary/aromatic N) is 1. The highest BCUT2D eigenvalue weighted by Crippen LogP contribution is 2.30. The van der Waals surface area contributed by atoms with E-state index in [4.69, 9.17) is 5.11 Å². The monoisotopic (exact) mass is 326 g/mol. The number of nitrogens with one attached hydrogen (secondary N) is 1. The first kappa shape index (κ1) is 13.0. The van der Waals surface area contributed by atoms with Crippen molar-refractivity contribution in [2.75, 3.05) is 5.32 Å². The molecule has 4 nitrogen and oxygen atoms in total. The number of rotatable bonds is 3. The van der Waals surface area contributed by atoms with E-state index in [9.17, 15) is 4.79 Å². The van der Waals surface area contributed by atoms with Crippen LogP contribution in [0.5, 0.6) is 0 Å². The van der Waals surface area contributed by atoms with Gasteiger partial charge >= 0.3 is 5.97 Å². The van der Waals surface area contributed by atoms with E-state index < -0.39 is 5.97 Å². The molecule has 1 aromatic carbocycles. The summed E-state index contributed by atoms with van der Waals surface area (Å²) in [4.78, 5) is 15.7. The van der Waals surface area contributed by atoms with Crippen molar-refractivity contribution in [2.45, 2.75) is 13.8 Å². The molecule has 1 aromatic heterocycles. The number of carboxylic acid groups (broad SMARTS) is 1. The normalized spacial score (nSPS) is 10.4. The highest BCUT2D eigenvalue weighted by Gasteiger charge is 2.14. The molecule has 0 saturated carbocycles. The first-order valence-corrected chi connectivity index (χ1v) is 6.82. The first-order chi connectivity index (χ1) is 8.47. The molecule has 0 saturated heterocycles. The van der Waals surface area contributed by atoms with Crippen LogP contribution in [0.3, 0.4) is 0 Å². The van der Waals surface area contributed by atoms with Crippen LogP contribution in [-0.4, -0.2) is 16.1 Å². The molecule has 0 fully saturated rings. The first-order valence-electron chi connectivity index (χ1n) is 5.21. The van der Waals surface area contributed by atoms with Gasteiger partial charge in [-0.3, -0.25) is 0 Å². The van der Waals surface area contributed by atoms with Crippen molar-refractivity contribution in [2.24, 2.45) is 0 Å². The van der Waals surface area contributed by atoms with E-state index in [0.717, 1.165) is 15.7 Å². The predicted molar refractivity (Wildman–Crippen MR) is 76.0 cm³/mol. The van der Waals surface area contributed by atoms with Gasteiger partial charge in [0.05, 0.1) is 5.69 Å². The summed E-state index contributed by atoms with van der Waals surface area (Å²) in [6, 6.07) is 5.91. The van der Waals surface area contributed by atoms with Gasteiger partial charge in [-0.1, -0.05) is 6.07 Å². The molecule has 0 unspecified atom stereocenters. The van der Waals surface area contributed by atoms with Gasteiger partial charge in [0.25, 0.3) is 0 Å². The van der Waals surface area contributed by atoms with Crippen LogP contribution in [0.4, 0.5) is 10.8 Å². The molecule has 0 radical (unpaired) electrons. The van der Waals surface area contributed by atoms with Gasteiger partial charge in [0.2, 0.25) is 0 Å². The Balaban J connectivity index is 2.31. The predicted octanol–water partition coefficient (Wildman–Crippen LogP) is 3.96. The molecular formula is C12H11BrN2O2S. The number of thiazole rings is 1. The molecular weight excluding hydrogens is 316 g/mol. The number of carbonyl (C=O) groups is 1. The smallest absolute Gasteiger partial charge is 0.355 e. The summed E-state index contributed by atoms with van der Waals surface area (Å²) in [6.07, 6.45) is 0. The Bertz CT molecular complexity index is 610. The standard InChI is InChI=1S/C12H11BrN2O2S/c1-6-3-4-8(13)9(5-6)14-12-15-10(11(16)17)7(2)18-12/h3-5H,1-2H3,(H,14,15)(H,16,17). The molecule has 0 atom stereocenters. The number of aromatic nitrogens is 1. The van der Waals surface area contributed by atoms with Crippen molar-refractivity contribution >= 4 is 44.1 Å². The summed E-state index contributed by atoms with van der Waals surface area (Å²) in [5.41, 5.74) is 2.10. The topological polar surface area (TPSA) is 62.2 Å². The Morgan fingerprint density at radius 3 is 2.78 bits per heavy atom. The lowest BCUT2D eigenvalue weighted by Crippen LogP contribution is -1.99. The lowest BCUT2D eigenvalue weighted by atomic mass is 10.2. The quantitative estimate of drug-likeness (QED) is 0.896. The molecule has 0 amide bonds. The number of aryl methyl sites for hydroxylation is 2. The number of benzene rings is 1. The van der Waals surface area contributed by atoms with E-state index >= 15 is 0 Å². The second-order valence-corrected chi connectivity index (χ2v) is 5.89. The summed E-state index contributed by atoms with van der Waals surface area (Å²) in [5, 5.41) is 12.7. The highest BCUT2D eigenvalue weighted by atomic mass is 79.9. The molecule has 0 spiro atoms. The fourth-order valence-corrected chi connectivity index (χ4v) is 2.66. The third-order valence-corrected chi connectivity index (χ3v) is 3.94. The van der Waals surface area contributed by atoms with Crippen LogP contribution in [0.2, 0.25) is 0 Å². The molecule has 2 rings (SSSR count). The molecule has 94 valence electrons. The number of hydrogen-bond donors (Lipinski definition) is 2. The number of anilines is 2. The van der Waals surface area contributed by atoms with Gasteiger partial charge in [-0.15, -0.1) is 11.3 Å². The van der Waals surface area contributed by atoms with Crippen molar-refractivity contribution < 1.29 is 9.90 Å². The largest absolute Gasteiger partial charge is 0.476 e. The van der Waals surface area contributed by atoms with Crippen molar-refractivity contribution in [1.29, 1.82) is 0 Å². The van der Waals surface area contributed by atoms with E-state index in [1.165, 1.54) is 11.3 Å². The molecule has 6 heteroatoms. The van der Waals surface area contributed by atoms with E-state index in [2.05, 4.69) is 26.2 Å². The van der Waals surface area contributed by atoms with Gasteiger partial charge < -0.3 is 10.4 Å². The minimum atomic E-state index is -1.000. The van der Waals surface area contributed by atoms with Gasteiger partial charge in [0.1, 0.15) is 0 Å². The van der Waals surface area contributed by atoms with E-state index in [0.29, 0.717) is 10.0 Å². The Hall–Kier alpha value is -1.40. The average Bonchev–Trinajstić information content (AvgIpc) is 2.65. The molecule has 18 heavy (non-hydrogen) atoms. The molecule has 0 aliphatic carbocycles. The molecule has 2 aromatic rings. The van der Waals surface area contributed by atoms with Crippen LogP contribution in [-0.2, 0) is 0 Å². The van der Waals surface area contributed by atoms with E-state index in [1.807, 2.05) is 25.1 Å². The van der Waals surface area contributed by atoms with Crippen LogP contribution in [0.25, 0.3) is 0 Å². The summed E-state index contributed by atoms with van der Waals surface area (Å²) in [7, 11) is 0. The maximum atomic E-state index is 10.9. The zero-order valence-electron chi connectivity index (χ0n) is 9.82. The minimum Gasteiger partial charge on any atom is -0.476 e. The second kappa shape index (κ2) is 5.07. The van der Waals surface area contributed by atoms with Crippen LogP contribution >= 0.6 is 27.3 Å². The Morgan fingerprint density at radius 1 is 1.44 bits per heavy atom. The molecule has 0 bridgehead atoms. The Labute approximate surface area is 117 Å². The Morgan fingerprint density at radius 2 is 2.17 bits per heavy atom. The summed E-state index contributed by atoms with van der Waals surface area (Å²) >= 11 is 4.77. The van der Waals surface area contributed by atoms with Crippen molar-refractivity contribution in [3.8, 4) is 0 Å². The SMILES string of the molecule is Cc1ccc(Br)c(Nc2nc(C(=O)O)c(C)s2)c1. The van der Waals surface area contributed by atoms with Crippen LogP contribution in [0, 0.1) is 13.8 Å². The zero-order valence-corrected chi connectivity index (χ0v) is 12.2. The van der Waals surface area contributed by atoms with Crippen LogP contribution < -0.4 is 5.32 Å². The van der Waals surface area contributed by atoms with Gasteiger partial charge in [-0.25, -0.2) is 9.78 Å². The van der Waals surface area contributed by atoms with Gasteiger partial charge in [-0.2, -0.15) is 0 Å². The number of halogens is 1. The third kappa shape index (κ3) is 2.70. The van der Waals surface area contributed by atoms with Crippen molar-refractivity contribution in [3.63, 3.8) is 0 Å². The number of hydrogen-bond acceptors (Lipinski definition) is 4. The molecule has 1 heterocycles. The number of carboxylic acids is 1. The average molecular weight is 327 g/mol. The Kier molecular flexibility index (Phi) is 3.68. The molecule has 2 N–H and O–H groups in total. The summed E-state index contributed by atoms with van der Waals surface area (Å²) in [6.45, 7) is 3.74. The van der Waals surface area contributed by atoms with Gasteiger partial charge in [0, 0.05) is 9.35 Å². The van der Waals surface area contributed by atoms with Gasteiger partial charge in [0.15, 0.2) is 10.8 Å². The van der Waals surface area contributed by atoms with Crippen molar-refractivity contribution in [1.82, 2.24) is 4.98 Å². The lowest BCUT2D eigenvalue weighted by Gasteiger charge is -2.06. The minimum absolute atomic E-state index is 0.103. The van der Waals surface area contributed by atoms with Crippen molar-refractivity contribution in [3.05, 3.63) is 38.8 Å². The third-order valence-electron chi connectivity index (χ3n) is 2.36. The highest BCUT2D eigenvalue weighted by molar-refractivity contribution is 9.10. The fourth-order valence-electron chi connectivity index (χ4n) is 1.50. The summed E-state index contributed by atoms with van der Waals surface area (Å²) < 4.78 is 0.915. The maximum Gasteiger partial charge on any atom is 0.355 e. The molecule has 0 aliphatic rings. The second-order valence-electron chi connectivity index (χ2n) is 3.84. The lowest BCUT2D eigenvalue weighted by molar-refractivity contribution is 0.0690. The zero-order chi connectivity index (χ0) is 13.3. The maximum absolute atomic E-state index is 10.9. The number of aromatic carboxylic acids is 1. The van der Waals surface area contributed by atoms with Crippen LogP contribution in [0.15, 0.2) is 22.7 Å². The van der Waals surface area contributed by atoms with Crippen LogP contribution in [0.1, 0.15) is 20.9 Å². The molecule has 0 aliphatic heterocycles. The fraction of sp³-hybridized carbons (Fsp3) is 0.167. The van der Waals surface area contributed by atoms with E-state index in [-0.39, 0.29) is 5.69 Å². The van der Waals surface area contributed by atoms with Gasteiger partial charge in [-0.05, 0) is 47.5 Å².